The highest BCUT2D eigenvalue weighted by molar-refractivity contribution is 5.87. The van der Waals surface area contributed by atoms with Crippen LogP contribution in [-0.4, -0.2) is 22.6 Å². The van der Waals surface area contributed by atoms with Gasteiger partial charge >= 0.3 is 5.97 Å². The molecule has 0 saturated carbocycles. The predicted octanol–water partition coefficient (Wildman–Crippen LogP) is 2.95. The zero-order chi connectivity index (χ0) is 14.5. The summed E-state index contributed by atoms with van der Waals surface area (Å²) in [6, 6.07) is 9.58. The van der Waals surface area contributed by atoms with Crippen LogP contribution in [0.3, 0.4) is 0 Å². The summed E-state index contributed by atoms with van der Waals surface area (Å²) in [5.41, 5.74) is 1.52. The summed E-state index contributed by atoms with van der Waals surface area (Å²) in [5.74, 6) is -1.34. The first-order valence-electron chi connectivity index (χ1n) is 6.29. The molecule has 0 aliphatic heterocycles. The summed E-state index contributed by atoms with van der Waals surface area (Å²) in [4.78, 5) is 17.0. The molecule has 5 heteroatoms. The molecule has 4 nitrogen and oxygen atoms in total. The van der Waals surface area contributed by atoms with Gasteiger partial charge in [0.2, 0.25) is 0 Å². The average Bonchev–Trinajstić information content (AvgIpc) is 2.46. The minimum Gasteiger partial charge on any atom is -0.477 e. The van der Waals surface area contributed by atoms with Gasteiger partial charge in [-0.1, -0.05) is 6.07 Å². The number of hydrogen-bond acceptors (Lipinski definition) is 3. The average molecular weight is 274 g/mol. The van der Waals surface area contributed by atoms with Crippen molar-refractivity contribution >= 4 is 11.7 Å². The quantitative estimate of drug-likeness (QED) is 0.910. The lowest BCUT2D eigenvalue weighted by Crippen LogP contribution is -2.23. The van der Waals surface area contributed by atoms with Crippen LogP contribution in [0.4, 0.5) is 10.1 Å². The fourth-order valence-electron chi connectivity index (χ4n) is 2.00. The summed E-state index contributed by atoms with van der Waals surface area (Å²) in [6.45, 7) is 3.05. The molecule has 1 aromatic heterocycles. The Kier molecular flexibility index (Phi) is 4.30. The van der Waals surface area contributed by atoms with E-state index < -0.39 is 5.97 Å². The van der Waals surface area contributed by atoms with Crippen LogP contribution in [-0.2, 0) is 6.54 Å². The summed E-state index contributed by atoms with van der Waals surface area (Å²) in [7, 11) is 0. The zero-order valence-corrected chi connectivity index (χ0v) is 11.1. The normalized spacial score (nSPS) is 10.3. The van der Waals surface area contributed by atoms with Gasteiger partial charge < -0.3 is 10.0 Å². The molecule has 20 heavy (non-hydrogen) atoms. The molecule has 0 radical (unpaired) electrons. The third-order valence-electron chi connectivity index (χ3n) is 3.03. The number of aromatic nitrogens is 1. The van der Waals surface area contributed by atoms with Gasteiger partial charge in [0.15, 0.2) is 5.69 Å². The van der Waals surface area contributed by atoms with E-state index in [0.29, 0.717) is 18.7 Å². The molecule has 0 spiro atoms. The Morgan fingerprint density at radius 1 is 1.30 bits per heavy atom. The number of carboxylic acid groups (broad SMARTS) is 1. The van der Waals surface area contributed by atoms with Crippen molar-refractivity contribution in [1.82, 2.24) is 4.98 Å². The van der Waals surface area contributed by atoms with Crippen molar-refractivity contribution < 1.29 is 14.3 Å². The highest BCUT2D eigenvalue weighted by atomic mass is 19.1. The number of hydrogen-bond donors (Lipinski definition) is 1. The molecule has 2 rings (SSSR count). The Hall–Kier alpha value is -2.43. The molecular formula is C15H15FN2O2. The third-order valence-corrected chi connectivity index (χ3v) is 3.03. The highest BCUT2D eigenvalue weighted by Crippen LogP contribution is 2.18. The van der Waals surface area contributed by atoms with Gasteiger partial charge in [0.25, 0.3) is 0 Å². The van der Waals surface area contributed by atoms with E-state index in [1.807, 2.05) is 11.8 Å². The molecule has 1 aromatic carbocycles. The Morgan fingerprint density at radius 3 is 2.60 bits per heavy atom. The van der Waals surface area contributed by atoms with Crippen molar-refractivity contribution in [3.05, 3.63) is 59.7 Å². The van der Waals surface area contributed by atoms with Crippen molar-refractivity contribution in [2.24, 2.45) is 0 Å². The fourth-order valence-corrected chi connectivity index (χ4v) is 2.00. The molecule has 0 aliphatic carbocycles. The summed E-state index contributed by atoms with van der Waals surface area (Å²) in [5, 5.41) is 9.13. The maximum Gasteiger partial charge on any atom is 0.354 e. The van der Waals surface area contributed by atoms with Crippen molar-refractivity contribution in [2.45, 2.75) is 13.5 Å². The van der Waals surface area contributed by atoms with Crippen LogP contribution in [0.5, 0.6) is 0 Å². The lowest BCUT2D eigenvalue weighted by atomic mass is 10.1. The predicted molar refractivity (Wildman–Crippen MR) is 74.3 cm³/mol. The van der Waals surface area contributed by atoms with E-state index in [-0.39, 0.29) is 11.5 Å². The van der Waals surface area contributed by atoms with Gasteiger partial charge in [0.1, 0.15) is 5.82 Å². The van der Waals surface area contributed by atoms with Gasteiger partial charge in [-0.3, -0.25) is 0 Å². The Morgan fingerprint density at radius 2 is 2.00 bits per heavy atom. The van der Waals surface area contributed by atoms with E-state index in [0.717, 1.165) is 5.69 Å². The Labute approximate surface area is 116 Å². The number of pyridine rings is 1. The largest absolute Gasteiger partial charge is 0.477 e. The number of halogens is 1. The standard InChI is InChI=1S/C15H15FN2O2/c1-2-18(13-7-5-12(16)6-8-13)10-11-4-3-9-17-14(11)15(19)20/h3-9H,2,10H2,1H3,(H,19,20). The molecule has 2 aromatic rings. The Bertz CT molecular complexity index is 599. The maximum atomic E-state index is 12.9. The first-order chi connectivity index (χ1) is 9.61. The van der Waals surface area contributed by atoms with Crippen LogP contribution in [0, 0.1) is 5.82 Å². The van der Waals surface area contributed by atoms with Crippen LogP contribution in [0.2, 0.25) is 0 Å². The van der Waals surface area contributed by atoms with E-state index in [9.17, 15) is 9.18 Å². The molecular weight excluding hydrogens is 259 g/mol. The van der Waals surface area contributed by atoms with Crippen molar-refractivity contribution in [3.8, 4) is 0 Å². The van der Waals surface area contributed by atoms with Crippen molar-refractivity contribution in [1.29, 1.82) is 0 Å². The number of carboxylic acids is 1. The molecule has 1 heterocycles. The molecule has 0 amide bonds. The van der Waals surface area contributed by atoms with Crippen LogP contribution in [0.1, 0.15) is 23.0 Å². The molecule has 0 saturated heterocycles. The second-order valence-corrected chi connectivity index (χ2v) is 4.31. The second kappa shape index (κ2) is 6.14. The van der Waals surface area contributed by atoms with Gasteiger partial charge in [-0.05, 0) is 37.3 Å². The maximum absolute atomic E-state index is 12.9. The second-order valence-electron chi connectivity index (χ2n) is 4.31. The first-order valence-corrected chi connectivity index (χ1v) is 6.29. The molecule has 0 atom stereocenters. The SMILES string of the molecule is CCN(Cc1cccnc1C(=O)O)c1ccc(F)cc1. The van der Waals surface area contributed by atoms with Crippen LogP contribution in [0.25, 0.3) is 0 Å². The van der Waals surface area contributed by atoms with E-state index in [1.165, 1.54) is 18.3 Å². The fraction of sp³-hybridized carbons (Fsp3) is 0.200. The van der Waals surface area contributed by atoms with E-state index in [1.54, 1.807) is 24.3 Å². The molecule has 104 valence electrons. The van der Waals surface area contributed by atoms with Crippen LogP contribution >= 0.6 is 0 Å². The van der Waals surface area contributed by atoms with Gasteiger partial charge in [0, 0.05) is 30.5 Å². The van der Waals surface area contributed by atoms with E-state index in [2.05, 4.69) is 4.98 Å². The zero-order valence-electron chi connectivity index (χ0n) is 11.1. The number of rotatable bonds is 5. The highest BCUT2D eigenvalue weighted by Gasteiger charge is 2.14. The van der Waals surface area contributed by atoms with E-state index in [4.69, 9.17) is 5.11 Å². The number of aromatic carboxylic acids is 1. The molecule has 0 aliphatic rings. The topological polar surface area (TPSA) is 53.4 Å². The van der Waals surface area contributed by atoms with Crippen molar-refractivity contribution in [2.75, 3.05) is 11.4 Å². The molecule has 0 fully saturated rings. The van der Waals surface area contributed by atoms with E-state index >= 15 is 0 Å². The summed E-state index contributed by atoms with van der Waals surface area (Å²) < 4.78 is 12.9. The Balaban J connectivity index is 2.27. The van der Waals surface area contributed by atoms with Crippen LogP contribution in [0.15, 0.2) is 42.6 Å². The number of nitrogens with zero attached hydrogens (tertiary/aromatic N) is 2. The monoisotopic (exact) mass is 274 g/mol. The molecule has 1 N–H and O–H groups in total. The van der Waals surface area contributed by atoms with Gasteiger partial charge in [-0.2, -0.15) is 0 Å². The lowest BCUT2D eigenvalue weighted by molar-refractivity contribution is 0.0689. The molecule has 0 unspecified atom stereocenters. The minimum absolute atomic E-state index is 0.0491. The van der Waals surface area contributed by atoms with Crippen molar-refractivity contribution in [3.63, 3.8) is 0 Å². The van der Waals surface area contributed by atoms with Gasteiger partial charge in [-0.25, -0.2) is 14.2 Å². The number of benzene rings is 1. The number of anilines is 1. The number of carbonyl (C=O) groups is 1. The smallest absolute Gasteiger partial charge is 0.354 e. The third kappa shape index (κ3) is 3.12. The lowest BCUT2D eigenvalue weighted by Gasteiger charge is -2.23. The summed E-state index contributed by atoms with van der Waals surface area (Å²) >= 11 is 0. The van der Waals surface area contributed by atoms with Crippen LogP contribution < -0.4 is 4.90 Å². The minimum atomic E-state index is -1.05. The van der Waals surface area contributed by atoms with Gasteiger partial charge in [0.05, 0.1) is 0 Å². The van der Waals surface area contributed by atoms with Gasteiger partial charge in [-0.15, -0.1) is 0 Å². The summed E-state index contributed by atoms with van der Waals surface area (Å²) in [6.07, 6.45) is 1.46. The first kappa shape index (κ1) is 14.0. The molecule has 0 bridgehead atoms.